The van der Waals surface area contributed by atoms with Crippen LogP contribution < -0.4 is 5.32 Å². The van der Waals surface area contributed by atoms with Crippen LogP contribution >= 0.6 is 11.6 Å². The van der Waals surface area contributed by atoms with Crippen molar-refractivity contribution in [2.75, 3.05) is 6.54 Å². The van der Waals surface area contributed by atoms with Gasteiger partial charge in [-0.3, -0.25) is 14.4 Å². The van der Waals surface area contributed by atoms with Crippen LogP contribution in [0.2, 0.25) is 5.02 Å². The second-order valence-electron chi connectivity index (χ2n) is 7.64. The minimum absolute atomic E-state index is 0.182. The molecule has 0 aliphatic carbocycles. The molecule has 6 nitrogen and oxygen atoms in total. The van der Waals surface area contributed by atoms with Gasteiger partial charge in [-0.05, 0) is 37.3 Å². The van der Waals surface area contributed by atoms with E-state index in [9.17, 15) is 4.79 Å². The van der Waals surface area contributed by atoms with E-state index in [0.717, 1.165) is 36.4 Å². The van der Waals surface area contributed by atoms with Crippen molar-refractivity contribution in [1.29, 1.82) is 0 Å². The average Bonchev–Trinajstić information content (AvgIpc) is 3.39. The third kappa shape index (κ3) is 3.36. The summed E-state index contributed by atoms with van der Waals surface area (Å²) in [5.41, 5.74) is 0.849. The maximum absolute atomic E-state index is 13.2. The lowest BCUT2D eigenvalue weighted by Crippen LogP contribution is -2.49. The first-order valence-corrected chi connectivity index (χ1v) is 10.1. The van der Waals surface area contributed by atoms with Crippen molar-refractivity contribution in [1.82, 2.24) is 25.0 Å². The van der Waals surface area contributed by atoms with E-state index in [1.54, 1.807) is 11.0 Å². The zero-order valence-corrected chi connectivity index (χ0v) is 16.4. The highest BCUT2D eigenvalue weighted by Gasteiger charge is 2.58. The fourth-order valence-electron chi connectivity index (χ4n) is 4.96. The molecule has 2 aromatic rings. The molecule has 1 amide bonds. The summed E-state index contributed by atoms with van der Waals surface area (Å²) in [6.45, 7) is 4.18. The molecule has 2 saturated heterocycles. The summed E-state index contributed by atoms with van der Waals surface area (Å²) in [4.78, 5) is 19.6. The van der Waals surface area contributed by atoms with E-state index in [0.29, 0.717) is 19.1 Å². The van der Waals surface area contributed by atoms with Crippen LogP contribution in [0.5, 0.6) is 0 Å². The minimum Gasteiger partial charge on any atom is -0.354 e. The Morgan fingerprint density at radius 1 is 1.37 bits per heavy atom. The van der Waals surface area contributed by atoms with E-state index < -0.39 is 0 Å². The molecule has 0 spiro atoms. The van der Waals surface area contributed by atoms with Crippen molar-refractivity contribution in [3.05, 3.63) is 47.5 Å². The number of halogens is 1. The largest absolute Gasteiger partial charge is 0.354 e. The molecule has 1 N–H and O–H groups in total. The first kappa shape index (κ1) is 18.4. The summed E-state index contributed by atoms with van der Waals surface area (Å²) in [6.07, 6.45) is 7.24. The number of nitrogens with one attached hydrogen (secondary N) is 1. The monoisotopic (exact) mass is 387 g/mol. The Balaban J connectivity index is 1.45. The predicted octanol–water partition coefficient (Wildman–Crippen LogP) is 2.88. The number of fused-ring (bicyclic) bond motifs is 2. The van der Waals surface area contributed by atoms with Gasteiger partial charge in [0.1, 0.15) is 12.7 Å². The molecule has 0 saturated carbocycles. The third-order valence-electron chi connectivity index (χ3n) is 6.37. The highest BCUT2D eigenvalue weighted by Crippen LogP contribution is 2.52. The Morgan fingerprint density at radius 2 is 2.22 bits per heavy atom. The second kappa shape index (κ2) is 7.60. The van der Waals surface area contributed by atoms with E-state index in [1.165, 1.54) is 12.7 Å². The van der Waals surface area contributed by atoms with Crippen LogP contribution in [0.25, 0.3) is 0 Å². The Labute approximate surface area is 164 Å². The van der Waals surface area contributed by atoms with Crippen LogP contribution in [0.3, 0.4) is 0 Å². The Morgan fingerprint density at radius 3 is 2.96 bits per heavy atom. The van der Waals surface area contributed by atoms with Crippen molar-refractivity contribution in [3.63, 3.8) is 0 Å². The molecule has 4 rings (SSSR count). The standard InChI is InChI=1S/C20H26ClN5O/c1-2-20(19(27)23-9-10-25-14-22-13-24-25)11-16-7-8-18(20)26(16)12-15-5-3-4-6-17(15)21/h3-6,13-14,16,18H,2,7-12H2,1H3,(H,23,27)/t16-,18+,20+/m0/s1. The van der Waals surface area contributed by atoms with Crippen molar-refractivity contribution in [3.8, 4) is 0 Å². The number of rotatable bonds is 7. The number of hydrogen-bond donors (Lipinski definition) is 1. The molecule has 3 heterocycles. The summed E-state index contributed by atoms with van der Waals surface area (Å²) in [5.74, 6) is 0.182. The molecular formula is C20H26ClN5O. The average molecular weight is 388 g/mol. The molecule has 3 atom stereocenters. The van der Waals surface area contributed by atoms with Gasteiger partial charge in [-0.15, -0.1) is 0 Å². The Bertz CT molecular complexity index is 795. The summed E-state index contributed by atoms with van der Waals surface area (Å²) in [6, 6.07) is 8.78. The summed E-state index contributed by atoms with van der Waals surface area (Å²) in [7, 11) is 0. The van der Waals surface area contributed by atoms with Crippen LogP contribution in [-0.2, 0) is 17.9 Å². The normalized spacial score (nSPS) is 27.2. The predicted molar refractivity (Wildman–Crippen MR) is 104 cm³/mol. The van der Waals surface area contributed by atoms with Crippen molar-refractivity contribution in [2.45, 2.75) is 57.8 Å². The summed E-state index contributed by atoms with van der Waals surface area (Å²) < 4.78 is 1.74. The van der Waals surface area contributed by atoms with Gasteiger partial charge >= 0.3 is 0 Å². The van der Waals surface area contributed by atoms with E-state index in [-0.39, 0.29) is 17.4 Å². The van der Waals surface area contributed by atoms with Gasteiger partial charge in [-0.2, -0.15) is 5.10 Å². The highest BCUT2D eigenvalue weighted by molar-refractivity contribution is 6.31. The second-order valence-corrected chi connectivity index (χ2v) is 8.05. The molecule has 2 fully saturated rings. The molecule has 0 unspecified atom stereocenters. The van der Waals surface area contributed by atoms with Gasteiger partial charge in [-0.1, -0.05) is 36.7 Å². The lowest BCUT2D eigenvalue weighted by atomic mass is 9.71. The zero-order valence-electron chi connectivity index (χ0n) is 15.6. The van der Waals surface area contributed by atoms with Crippen LogP contribution in [0.15, 0.2) is 36.9 Å². The molecule has 2 bridgehead atoms. The first-order valence-electron chi connectivity index (χ1n) is 9.74. The van der Waals surface area contributed by atoms with Crippen LogP contribution in [-0.4, -0.2) is 44.2 Å². The maximum atomic E-state index is 13.2. The number of aromatic nitrogens is 3. The number of amides is 1. The van der Waals surface area contributed by atoms with E-state index in [4.69, 9.17) is 11.6 Å². The summed E-state index contributed by atoms with van der Waals surface area (Å²) >= 11 is 6.38. The molecule has 2 aliphatic rings. The van der Waals surface area contributed by atoms with E-state index >= 15 is 0 Å². The fraction of sp³-hybridized carbons (Fsp3) is 0.550. The minimum atomic E-state index is -0.299. The van der Waals surface area contributed by atoms with Gasteiger partial charge in [0, 0.05) is 30.2 Å². The molecule has 27 heavy (non-hydrogen) atoms. The van der Waals surface area contributed by atoms with Crippen LogP contribution in [0.1, 0.15) is 38.2 Å². The topological polar surface area (TPSA) is 63.1 Å². The number of nitrogens with zero attached hydrogens (tertiary/aromatic N) is 4. The SMILES string of the molecule is CC[C@@]1(C(=O)NCCn2cncn2)C[C@@H]2CC[C@H]1N2Cc1ccccc1Cl. The molecular weight excluding hydrogens is 362 g/mol. The van der Waals surface area contributed by atoms with Crippen molar-refractivity contribution in [2.24, 2.45) is 5.41 Å². The molecule has 7 heteroatoms. The van der Waals surface area contributed by atoms with Gasteiger partial charge < -0.3 is 5.32 Å². The molecule has 2 aliphatic heterocycles. The molecule has 1 aromatic heterocycles. The summed E-state index contributed by atoms with van der Waals surface area (Å²) in [5, 5.41) is 8.05. The molecule has 0 radical (unpaired) electrons. The van der Waals surface area contributed by atoms with E-state index in [1.807, 2.05) is 18.2 Å². The van der Waals surface area contributed by atoms with Gasteiger partial charge in [0.2, 0.25) is 5.91 Å². The lowest BCUT2D eigenvalue weighted by Gasteiger charge is -2.35. The third-order valence-corrected chi connectivity index (χ3v) is 6.74. The Kier molecular flexibility index (Phi) is 5.19. The smallest absolute Gasteiger partial charge is 0.227 e. The number of benzene rings is 1. The lowest BCUT2D eigenvalue weighted by molar-refractivity contribution is -0.133. The van der Waals surface area contributed by atoms with Gasteiger partial charge in [0.15, 0.2) is 0 Å². The van der Waals surface area contributed by atoms with Crippen molar-refractivity contribution < 1.29 is 4.79 Å². The molecule has 1 aromatic carbocycles. The first-order chi connectivity index (χ1) is 13.1. The fourth-order valence-corrected chi connectivity index (χ4v) is 5.16. The van der Waals surface area contributed by atoms with Crippen molar-refractivity contribution >= 4 is 17.5 Å². The Hall–Kier alpha value is -1.92. The number of carbonyl (C=O) groups is 1. The zero-order chi connectivity index (χ0) is 18.9. The maximum Gasteiger partial charge on any atom is 0.227 e. The number of hydrogen-bond acceptors (Lipinski definition) is 4. The van der Waals surface area contributed by atoms with Gasteiger partial charge in [0.05, 0.1) is 12.0 Å². The number of carbonyl (C=O) groups excluding carboxylic acids is 1. The van der Waals surface area contributed by atoms with Gasteiger partial charge in [-0.25, -0.2) is 4.98 Å². The van der Waals surface area contributed by atoms with E-state index in [2.05, 4.69) is 33.3 Å². The quantitative estimate of drug-likeness (QED) is 0.793. The van der Waals surface area contributed by atoms with Crippen LogP contribution in [0, 0.1) is 5.41 Å². The van der Waals surface area contributed by atoms with Gasteiger partial charge in [0.25, 0.3) is 0 Å². The van der Waals surface area contributed by atoms with Crippen LogP contribution in [0.4, 0.5) is 0 Å². The highest BCUT2D eigenvalue weighted by atomic mass is 35.5. The molecule has 144 valence electrons.